The molecule has 0 spiro atoms. The maximum atomic E-state index is 12.0. The van der Waals surface area contributed by atoms with Gasteiger partial charge in [-0.25, -0.2) is 0 Å². The van der Waals surface area contributed by atoms with Gasteiger partial charge in [0.2, 0.25) is 0 Å². The summed E-state index contributed by atoms with van der Waals surface area (Å²) in [5.41, 5.74) is 5.33. The van der Waals surface area contributed by atoms with E-state index in [-0.39, 0.29) is 12.6 Å². The number of carbonyl (C=O) groups excluding carboxylic acids is 1. The fraction of sp³-hybridized carbons (Fsp3) is 0.240. The maximum absolute atomic E-state index is 12.0. The predicted molar refractivity (Wildman–Crippen MR) is 110 cm³/mol. The van der Waals surface area contributed by atoms with E-state index in [1.54, 1.807) is 0 Å². The zero-order chi connectivity index (χ0) is 19.4. The third kappa shape index (κ3) is 3.34. The smallest absolute Gasteiger partial charge is 0.305 e. The van der Waals surface area contributed by atoms with Crippen molar-refractivity contribution in [3.8, 4) is 11.1 Å². The van der Waals surface area contributed by atoms with Crippen LogP contribution in [0.25, 0.3) is 11.1 Å². The van der Waals surface area contributed by atoms with E-state index in [0.717, 1.165) is 16.7 Å². The first-order valence-electron chi connectivity index (χ1n) is 9.71. The molecule has 1 aliphatic carbocycles. The second-order valence-electron chi connectivity index (χ2n) is 7.17. The summed E-state index contributed by atoms with van der Waals surface area (Å²) < 4.78 is 11.9. The van der Waals surface area contributed by atoms with E-state index in [1.165, 1.54) is 11.1 Å². The highest BCUT2D eigenvalue weighted by atomic mass is 16.5. The minimum Gasteiger partial charge on any atom is -0.464 e. The third-order valence-electron chi connectivity index (χ3n) is 5.40. The van der Waals surface area contributed by atoms with Crippen molar-refractivity contribution in [1.29, 1.82) is 0 Å². The molecular weight excluding hydrogens is 348 g/mol. The zero-order valence-electron chi connectivity index (χ0n) is 16.1. The standard InChI is InChI=1S/C25H24O3/c1-2-24(26)28-18-25(17-27-16-19-10-4-3-5-11-19)22-14-8-6-12-20(22)21-13-7-9-15-23(21)25/h3-15H,2,16-18H2,1H3. The summed E-state index contributed by atoms with van der Waals surface area (Å²) in [7, 11) is 0. The van der Waals surface area contributed by atoms with E-state index in [0.29, 0.717) is 19.6 Å². The molecule has 4 rings (SSSR count). The highest BCUT2D eigenvalue weighted by Crippen LogP contribution is 2.49. The van der Waals surface area contributed by atoms with Crippen LogP contribution < -0.4 is 0 Å². The molecule has 3 aromatic rings. The maximum Gasteiger partial charge on any atom is 0.305 e. The Kier molecular flexibility index (Phi) is 5.27. The molecular formula is C25H24O3. The molecule has 0 bridgehead atoms. The van der Waals surface area contributed by atoms with Crippen molar-refractivity contribution in [3.63, 3.8) is 0 Å². The van der Waals surface area contributed by atoms with E-state index >= 15 is 0 Å². The van der Waals surface area contributed by atoms with Gasteiger partial charge in [0.05, 0.1) is 18.6 Å². The van der Waals surface area contributed by atoms with Gasteiger partial charge in [0.15, 0.2) is 0 Å². The molecule has 0 N–H and O–H groups in total. The summed E-state index contributed by atoms with van der Waals surface area (Å²) in [4.78, 5) is 12.0. The molecule has 0 fully saturated rings. The largest absolute Gasteiger partial charge is 0.464 e. The molecule has 0 amide bonds. The van der Waals surface area contributed by atoms with E-state index in [9.17, 15) is 4.79 Å². The van der Waals surface area contributed by atoms with Gasteiger partial charge in [0.25, 0.3) is 0 Å². The molecule has 28 heavy (non-hydrogen) atoms. The van der Waals surface area contributed by atoms with Gasteiger partial charge >= 0.3 is 5.97 Å². The van der Waals surface area contributed by atoms with E-state index < -0.39 is 5.41 Å². The van der Waals surface area contributed by atoms with Crippen LogP contribution >= 0.6 is 0 Å². The van der Waals surface area contributed by atoms with Crippen molar-refractivity contribution >= 4 is 5.97 Å². The highest BCUT2D eigenvalue weighted by Gasteiger charge is 2.44. The van der Waals surface area contributed by atoms with Crippen LogP contribution in [-0.4, -0.2) is 19.2 Å². The Balaban J connectivity index is 1.69. The Morgan fingerprint density at radius 1 is 0.786 bits per heavy atom. The summed E-state index contributed by atoms with van der Waals surface area (Å²) in [6.45, 7) is 3.07. The average Bonchev–Trinajstić information content (AvgIpc) is 3.03. The Morgan fingerprint density at radius 3 is 1.96 bits per heavy atom. The molecule has 3 aromatic carbocycles. The molecule has 0 saturated carbocycles. The van der Waals surface area contributed by atoms with Crippen molar-refractivity contribution < 1.29 is 14.3 Å². The lowest BCUT2D eigenvalue weighted by Crippen LogP contribution is -2.37. The van der Waals surface area contributed by atoms with Crippen LogP contribution in [0.5, 0.6) is 0 Å². The molecule has 0 atom stereocenters. The van der Waals surface area contributed by atoms with Crippen molar-refractivity contribution in [2.75, 3.05) is 13.2 Å². The van der Waals surface area contributed by atoms with Gasteiger partial charge in [-0.05, 0) is 27.8 Å². The van der Waals surface area contributed by atoms with E-state index in [4.69, 9.17) is 9.47 Å². The van der Waals surface area contributed by atoms with Crippen LogP contribution in [0.4, 0.5) is 0 Å². The molecule has 0 unspecified atom stereocenters. The lowest BCUT2D eigenvalue weighted by Gasteiger charge is -2.31. The Hall–Kier alpha value is -2.91. The number of hydrogen-bond acceptors (Lipinski definition) is 3. The first-order valence-corrected chi connectivity index (χ1v) is 9.71. The summed E-state index contributed by atoms with van der Waals surface area (Å²) in [6, 6.07) is 26.8. The first kappa shape index (κ1) is 18.5. The van der Waals surface area contributed by atoms with Gasteiger partial charge in [-0.3, -0.25) is 4.79 Å². The molecule has 3 nitrogen and oxygen atoms in total. The molecule has 0 saturated heterocycles. The number of fused-ring (bicyclic) bond motifs is 3. The summed E-state index contributed by atoms with van der Waals surface area (Å²) in [6.07, 6.45) is 0.365. The molecule has 0 radical (unpaired) electrons. The van der Waals surface area contributed by atoms with Gasteiger partial charge in [-0.15, -0.1) is 0 Å². The monoisotopic (exact) mass is 372 g/mol. The molecule has 3 heteroatoms. The number of benzene rings is 3. The van der Waals surface area contributed by atoms with E-state index in [1.807, 2.05) is 37.3 Å². The average molecular weight is 372 g/mol. The third-order valence-corrected chi connectivity index (χ3v) is 5.40. The normalized spacial score (nSPS) is 13.6. The molecule has 0 heterocycles. The molecule has 1 aliphatic rings. The number of ether oxygens (including phenoxy) is 2. The summed E-state index contributed by atoms with van der Waals surface area (Å²) in [5.74, 6) is -0.190. The zero-order valence-corrected chi connectivity index (χ0v) is 16.1. The highest BCUT2D eigenvalue weighted by molar-refractivity contribution is 5.81. The number of rotatable bonds is 7. The second kappa shape index (κ2) is 7.99. The van der Waals surface area contributed by atoms with Crippen molar-refractivity contribution in [2.24, 2.45) is 0 Å². The summed E-state index contributed by atoms with van der Waals surface area (Å²) >= 11 is 0. The van der Waals surface area contributed by atoms with Gasteiger partial charge in [0.1, 0.15) is 6.61 Å². The quantitative estimate of drug-likeness (QED) is 0.540. The van der Waals surface area contributed by atoms with Crippen molar-refractivity contribution in [3.05, 3.63) is 95.6 Å². The Bertz CT molecular complexity index is 917. The molecule has 142 valence electrons. The van der Waals surface area contributed by atoms with E-state index in [2.05, 4.69) is 48.5 Å². The predicted octanol–water partition coefficient (Wildman–Crippen LogP) is 5.12. The fourth-order valence-electron chi connectivity index (χ4n) is 3.99. The number of esters is 1. The van der Waals surface area contributed by atoms with Gasteiger partial charge in [0, 0.05) is 6.42 Å². The van der Waals surface area contributed by atoms with Gasteiger partial charge in [-0.2, -0.15) is 0 Å². The Morgan fingerprint density at radius 2 is 1.36 bits per heavy atom. The fourth-order valence-corrected chi connectivity index (χ4v) is 3.99. The lowest BCUT2D eigenvalue weighted by molar-refractivity contribution is -0.145. The SMILES string of the molecule is CCC(=O)OCC1(COCc2ccccc2)c2ccccc2-c2ccccc21. The second-order valence-corrected chi connectivity index (χ2v) is 7.17. The minimum atomic E-state index is -0.493. The first-order chi connectivity index (χ1) is 13.7. The van der Waals surface area contributed by atoms with Crippen LogP contribution in [0, 0.1) is 0 Å². The van der Waals surface area contributed by atoms with Crippen LogP contribution in [0.15, 0.2) is 78.9 Å². The number of hydrogen-bond donors (Lipinski definition) is 0. The topological polar surface area (TPSA) is 35.5 Å². The number of carbonyl (C=O) groups is 1. The van der Waals surface area contributed by atoms with Crippen LogP contribution in [0.2, 0.25) is 0 Å². The van der Waals surface area contributed by atoms with Gasteiger partial charge < -0.3 is 9.47 Å². The lowest BCUT2D eigenvalue weighted by atomic mass is 9.79. The van der Waals surface area contributed by atoms with Gasteiger partial charge in [-0.1, -0.05) is 85.8 Å². The van der Waals surface area contributed by atoms with Crippen LogP contribution in [0.3, 0.4) is 0 Å². The van der Waals surface area contributed by atoms with Crippen LogP contribution in [-0.2, 0) is 26.3 Å². The van der Waals surface area contributed by atoms with Crippen molar-refractivity contribution in [2.45, 2.75) is 25.4 Å². The summed E-state index contributed by atoms with van der Waals surface area (Å²) in [5, 5.41) is 0. The van der Waals surface area contributed by atoms with Crippen molar-refractivity contribution in [1.82, 2.24) is 0 Å². The molecule has 0 aliphatic heterocycles. The Labute approximate surface area is 165 Å². The van der Waals surface area contributed by atoms with Crippen LogP contribution in [0.1, 0.15) is 30.0 Å². The minimum absolute atomic E-state index is 0.190. The molecule has 0 aromatic heterocycles.